The molecule has 158 valence electrons. The lowest BCUT2D eigenvalue weighted by atomic mass is 10.1. The van der Waals surface area contributed by atoms with E-state index >= 15 is 0 Å². The molecule has 0 bridgehead atoms. The van der Waals surface area contributed by atoms with E-state index in [1.165, 1.54) is 18.2 Å². The second-order valence-corrected chi connectivity index (χ2v) is 7.53. The topological polar surface area (TPSA) is 79.3 Å². The molecule has 1 heterocycles. The molecule has 0 amide bonds. The molecular weight excluding hydrogens is 512 g/mol. The molecule has 0 saturated heterocycles. The van der Waals surface area contributed by atoms with E-state index in [-0.39, 0.29) is 24.3 Å². The molecule has 1 aromatic heterocycles. The van der Waals surface area contributed by atoms with Crippen LogP contribution in [0.25, 0.3) is 11.3 Å². The number of rotatable bonds is 7. The number of alkyl halides is 3. The highest BCUT2D eigenvalue weighted by Gasteiger charge is 2.31. The van der Waals surface area contributed by atoms with Gasteiger partial charge in [-0.05, 0) is 53.8 Å². The second-order valence-electron chi connectivity index (χ2n) is 6.37. The summed E-state index contributed by atoms with van der Waals surface area (Å²) in [6, 6.07) is 14.5. The van der Waals surface area contributed by atoms with Gasteiger partial charge in [0.2, 0.25) is 5.95 Å². The zero-order valence-corrected chi connectivity index (χ0v) is 17.9. The van der Waals surface area contributed by atoms with Gasteiger partial charge in [-0.15, -0.1) is 13.2 Å². The summed E-state index contributed by atoms with van der Waals surface area (Å²) in [4.78, 5) is 8.79. The fourth-order valence-electron chi connectivity index (χ4n) is 2.54. The van der Waals surface area contributed by atoms with Gasteiger partial charge in [-0.2, -0.15) is 4.98 Å². The Hall–Kier alpha value is -2.60. The minimum absolute atomic E-state index is 0.137. The van der Waals surface area contributed by atoms with Crippen LogP contribution in [0.2, 0.25) is 0 Å². The Morgan fingerprint density at radius 1 is 1.10 bits per heavy atom. The summed E-state index contributed by atoms with van der Waals surface area (Å²) < 4.78 is 42.7. The SMILES string of the molecule is C[C@H](CO)Nc1nc(Nc2ccccc2I)cc(-c2cccc(OC(F)(F)F)c2)n1. The van der Waals surface area contributed by atoms with Gasteiger partial charge >= 0.3 is 6.36 Å². The van der Waals surface area contributed by atoms with Crippen molar-refractivity contribution in [2.45, 2.75) is 19.3 Å². The van der Waals surface area contributed by atoms with Crippen LogP contribution in [0.3, 0.4) is 0 Å². The van der Waals surface area contributed by atoms with Crippen LogP contribution < -0.4 is 15.4 Å². The maximum Gasteiger partial charge on any atom is 0.573 e. The summed E-state index contributed by atoms with van der Waals surface area (Å²) in [6.07, 6.45) is -4.79. The Morgan fingerprint density at radius 3 is 2.57 bits per heavy atom. The molecule has 0 spiro atoms. The molecule has 0 aliphatic rings. The minimum Gasteiger partial charge on any atom is -0.406 e. The van der Waals surface area contributed by atoms with Crippen LogP contribution in [-0.4, -0.2) is 34.1 Å². The largest absolute Gasteiger partial charge is 0.573 e. The number of ether oxygens (including phenoxy) is 1. The molecular formula is C20H18F3IN4O2. The summed E-state index contributed by atoms with van der Waals surface area (Å²) in [5.41, 5.74) is 1.63. The van der Waals surface area contributed by atoms with E-state index in [1.54, 1.807) is 19.1 Å². The third-order valence-corrected chi connectivity index (χ3v) is 4.82. The first-order valence-corrected chi connectivity index (χ1v) is 9.95. The van der Waals surface area contributed by atoms with Crippen LogP contribution in [0.4, 0.5) is 30.6 Å². The zero-order chi connectivity index (χ0) is 21.7. The number of anilines is 3. The summed E-state index contributed by atoms with van der Waals surface area (Å²) in [6.45, 7) is 1.61. The number of para-hydroxylation sites is 1. The number of nitrogens with one attached hydrogen (secondary N) is 2. The first-order chi connectivity index (χ1) is 14.2. The summed E-state index contributed by atoms with van der Waals surface area (Å²) in [5.74, 6) is 0.326. The second kappa shape index (κ2) is 9.47. The van der Waals surface area contributed by atoms with Gasteiger partial charge in [-0.25, -0.2) is 4.98 Å². The molecule has 3 N–H and O–H groups in total. The molecule has 6 nitrogen and oxygen atoms in total. The number of aromatic nitrogens is 2. The van der Waals surface area contributed by atoms with Crippen LogP contribution in [0, 0.1) is 3.57 Å². The van der Waals surface area contributed by atoms with E-state index in [2.05, 4.69) is 47.9 Å². The van der Waals surface area contributed by atoms with Crippen LogP contribution in [0.15, 0.2) is 54.6 Å². The molecule has 3 aromatic rings. The Labute approximate surface area is 184 Å². The lowest BCUT2D eigenvalue weighted by Gasteiger charge is -2.15. The maximum absolute atomic E-state index is 12.6. The third-order valence-electron chi connectivity index (χ3n) is 3.88. The van der Waals surface area contributed by atoms with Gasteiger partial charge in [-0.1, -0.05) is 24.3 Å². The van der Waals surface area contributed by atoms with E-state index in [1.807, 2.05) is 24.3 Å². The zero-order valence-electron chi connectivity index (χ0n) is 15.7. The van der Waals surface area contributed by atoms with Gasteiger partial charge in [0.15, 0.2) is 0 Å². The molecule has 2 aromatic carbocycles. The van der Waals surface area contributed by atoms with Gasteiger partial charge in [0.25, 0.3) is 0 Å². The average molecular weight is 530 g/mol. The lowest BCUT2D eigenvalue weighted by molar-refractivity contribution is -0.274. The van der Waals surface area contributed by atoms with Gasteiger partial charge in [0.1, 0.15) is 11.6 Å². The normalized spacial score (nSPS) is 12.3. The Balaban J connectivity index is 2.00. The van der Waals surface area contributed by atoms with E-state index < -0.39 is 6.36 Å². The van der Waals surface area contributed by atoms with Crippen molar-refractivity contribution in [3.63, 3.8) is 0 Å². The molecule has 0 saturated carbocycles. The molecule has 10 heteroatoms. The third kappa shape index (κ3) is 6.20. The van der Waals surface area contributed by atoms with Crippen molar-refractivity contribution in [2.75, 3.05) is 17.2 Å². The van der Waals surface area contributed by atoms with Gasteiger partial charge in [0.05, 0.1) is 18.0 Å². The van der Waals surface area contributed by atoms with Crippen molar-refractivity contribution < 1.29 is 23.0 Å². The quantitative estimate of drug-likeness (QED) is 0.366. The number of aliphatic hydroxyl groups excluding tert-OH is 1. The molecule has 3 rings (SSSR count). The van der Waals surface area contributed by atoms with Crippen molar-refractivity contribution in [3.8, 4) is 17.0 Å². The maximum atomic E-state index is 12.6. The molecule has 0 aliphatic carbocycles. The van der Waals surface area contributed by atoms with Gasteiger partial charge in [0, 0.05) is 21.2 Å². The number of hydrogen-bond acceptors (Lipinski definition) is 6. The minimum atomic E-state index is -4.79. The van der Waals surface area contributed by atoms with Crippen molar-refractivity contribution in [3.05, 3.63) is 58.2 Å². The Morgan fingerprint density at radius 2 is 1.87 bits per heavy atom. The number of hydrogen-bond donors (Lipinski definition) is 3. The first-order valence-electron chi connectivity index (χ1n) is 8.88. The van der Waals surface area contributed by atoms with E-state index in [0.29, 0.717) is 17.1 Å². The van der Waals surface area contributed by atoms with Gasteiger partial charge in [-0.3, -0.25) is 0 Å². The average Bonchev–Trinajstić information content (AvgIpc) is 2.68. The number of aliphatic hydroxyl groups is 1. The van der Waals surface area contributed by atoms with Crippen molar-refractivity contribution in [1.29, 1.82) is 0 Å². The van der Waals surface area contributed by atoms with E-state index in [0.717, 1.165) is 9.26 Å². The summed E-state index contributed by atoms with van der Waals surface area (Å²) in [7, 11) is 0. The van der Waals surface area contributed by atoms with E-state index in [9.17, 15) is 18.3 Å². The predicted octanol–water partition coefficient (Wildman–Crippen LogP) is 5.18. The fraction of sp³-hybridized carbons (Fsp3) is 0.200. The fourth-order valence-corrected chi connectivity index (χ4v) is 3.07. The van der Waals surface area contributed by atoms with Crippen LogP contribution in [-0.2, 0) is 0 Å². The molecule has 30 heavy (non-hydrogen) atoms. The molecule has 0 aliphatic heterocycles. The highest BCUT2D eigenvalue weighted by atomic mass is 127. The lowest BCUT2D eigenvalue weighted by Crippen LogP contribution is -2.21. The molecule has 0 fully saturated rings. The molecule has 1 atom stereocenters. The van der Waals surface area contributed by atoms with Crippen LogP contribution in [0.5, 0.6) is 5.75 Å². The molecule has 0 radical (unpaired) electrons. The number of benzene rings is 2. The van der Waals surface area contributed by atoms with Crippen LogP contribution in [0.1, 0.15) is 6.92 Å². The summed E-state index contributed by atoms with van der Waals surface area (Å²) in [5, 5.41) is 15.5. The molecule has 0 unspecified atom stereocenters. The smallest absolute Gasteiger partial charge is 0.406 e. The van der Waals surface area contributed by atoms with Crippen molar-refractivity contribution >= 4 is 40.0 Å². The van der Waals surface area contributed by atoms with Crippen molar-refractivity contribution in [2.24, 2.45) is 0 Å². The number of halogens is 4. The Kier molecular flexibility index (Phi) is 6.98. The predicted molar refractivity (Wildman–Crippen MR) is 117 cm³/mol. The summed E-state index contributed by atoms with van der Waals surface area (Å²) >= 11 is 2.18. The Bertz CT molecular complexity index is 1020. The first kappa shape index (κ1) is 22.1. The standard InChI is InChI=1S/C20H18F3IN4O2/c1-12(11-29)25-19-27-17(13-5-4-6-14(9-13)30-20(21,22)23)10-18(28-19)26-16-8-3-2-7-15(16)24/h2-10,12,29H,11H2,1H3,(H2,25,26,27,28)/t12-/m1/s1. The van der Waals surface area contributed by atoms with Gasteiger partial charge < -0.3 is 20.5 Å². The van der Waals surface area contributed by atoms with Crippen molar-refractivity contribution in [1.82, 2.24) is 9.97 Å². The highest BCUT2D eigenvalue weighted by Crippen LogP contribution is 2.30. The highest BCUT2D eigenvalue weighted by molar-refractivity contribution is 14.1. The number of nitrogens with zero attached hydrogens (tertiary/aromatic N) is 2. The van der Waals surface area contributed by atoms with Crippen LogP contribution >= 0.6 is 22.6 Å². The van der Waals surface area contributed by atoms with E-state index in [4.69, 9.17) is 0 Å². The monoisotopic (exact) mass is 530 g/mol.